The lowest BCUT2D eigenvalue weighted by atomic mass is 10.1. The summed E-state index contributed by atoms with van der Waals surface area (Å²) >= 11 is 1.60. The predicted octanol–water partition coefficient (Wildman–Crippen LogP) is 3.36. The average molecular weight is 439 g/mol. The van der Waals surface area contributed by atoms with Crippen molar-refractivity contribution in [3.05, 3.63) is 46.5 Å². The van der Waals surface area contributed by atoms with E-state index in [2.05, 4.69) is 45.2 Å². The van der Waals surface area contributed by atoms with Gasteiger partial charge in [-0.2, -0.15) is 0 Å². The summed E-state index contributed by atoms with van der Waals surface area (Å²) < 4.78 is 2.11. The number of fused-ring (bicyclic) bond motifs is 1. The van der Waals surface area contributed by atoms with E-state index >= 15 is 0 Å². The Labute approximate surface area is 187 Å². The van der Waals surface area contributed by atoms with Gasteiger partial charge in [0.15, 0.2) is 10.7 Å². The predicted molar refractivity (Wildman–Crippen MR) is 124 cm³/mol. The van der Waals surface area contributed by atoms with Crippen LogP contribution in [0.3, 0.4) is 0 Å². The van der Waals surface area contributed by atoms with Gasteiger partial charge in [0.1, 0.15) is 0 Å². The first-order valence-corrected chi connectivity index (χ1v) is 12.1. The number of carbonyl (C=O) groups excluding carboxylic acids is 1. The number of hydrogen-bond donors (Lipinski definition) is 0. The molecule has 2 aliphatic heterocycles. The zero-order valence-corrected chi connectivity index (χ0v) is 19.2. The van der Waals surface area contributed by atoms with Crippen molar-refractivity contribution in [1.82, 2.24) is 24.2 Å². The van der Waals surface area contributed by atoms with E-state index in [0.717, 1.165) is 80.7 Å². The largest absolute Gasteiger partial charge is 0.369 e. The molecule has 7 nitrogen and oxygen atoms in total. The minimum Gasteiger partial charge on any atom is -0.369 e. The zero-order chi connectivity index (χ0) is 21.4. The number of pyridine rings is 1. The van der Waals surface area contributed by atoms with Gasteiger partial charge in [-0.05, 0) is 45.2 Å². The van der Waals surface area contributed by atoms with Gasteiger partial charge >= 0.3 is 0 Å². The number of nitrogens with zero attached hydrogens (tertiary/aromatic N) is 6. The summed E-state index contributed by atoms with van der Waals surface area (Å²) in [5.41, 5.74) is 5.08. The molecule has 0 aliphatic carbocycles. The first-order valence-electron chi connectivity index (χ1n) is 11.2. The average Bonchev–Trinajstić information content (AvgIpc) is 3.36. The molecule has 164 valence electrons. The van der Waals surface area contributed by atoms with Gasteiger partial charge in [0.05, 0.1) is 5.69 Å². The van der Waals surface area contributed by atoms with Crippen LogP contribution < -0.4 is 4.90 Å². The van der Waals surface area contributed by atoms with Crippen LogP contribution in [0.15, 0.2) is 23.7 Å². The minimum atomic E-state index is 0.104. The molecule has 0 atom stereocenters. The number of rotatable bonds is 4. The maximum Gasteiger partial charge on any atom is 0.274 e. The number of amides is 1. The lowest BCUT2D eigenvalue weighted by molar-refractivity contribution is 0.0716. The summed E-state index contributed by atoms with van der Waals surface area (Å²) in [6, 6.07) is 4.34. The summed E-state index contributed by atoms with van der Waals surface area (Å²) in [5, 5.41) is 2.05. The van der Waals surface area contributed by atoms with Gasteiger partial charge in [0, 0.05) is 74.5 Å². The van der Waals surface area contributed by atoms with Gasteiger partial charge in [0.2, 0.25) is 0 Å². The Morgan fingerprint density at radius 2 is 1.68 bits per heavy atom. The highest BCUT2D eigenvalue weighted by atomic mass is 32.1. The van der Waals surface area contributed by atoms with E-state index in [9.17, 15) is 4.79 Å². The molecule has 0 spiro atoms. The fourth-order valence-electron chi connectivity index (χ4n) is 4.77. The number of anilines is 1. The van der Waals surface area contributed by atoms with Gasteiger partial charge in [-0.3, -0.25) is 19.1 Å². The molecule has 0 aromatic carbocycles. The van der Waals surface area contributed by atoms with Gasteiger partial charge < -0.3 is 9.80 Å². The number of piperidine rings is 1. The summed E-state index contributed by atoms with van der Waals surface area (Å²) in [6.45, 7) is 10.5. The summed E-state index contributed by atoms with van der Waals surface area (Å²) in [7, 11) is 0. The third-order valence-electron chi connectivity index (χ3n) is 6.38. The second kappa shape index (κ2) is 8.59. The van der Waals surface area contributed by atoms with E-state index in [-0.39, 0.29) is 5.91 Å². The fourth-order valence-corrected chi connectivity index (χ4v) is 5.51. The van der Waals surface area contributed by atoms with Crippen molar-refractivity contribution < 1.29 is 4.79 Å². The summed E-state index contributed by atoms with van der Waals surface area (Å²) in [4.78, 5) is 30.3. The Morgan fingerprint density at radius 3 is 2.39 bits per heavy atom. The molecule has 5 heterocycles. The number of aryl methyl sites for hydroxylation is 2. The highest BCUT2D eigenvalue weighted by Crippen LogP contribution is 2.24. The quantitative estimate of drug-likeness (QED) is 0.625. The highest BCUT2D eigenvalue weighted by Gasteiger charge is 2.27. The lowest BCUT2D eigenvalue weighted by Crippen LogP contribution is -2.46. The number of thiazole rings is 1. The molecule has 31 heavy (non-hydrogen) atoms. The molecule has 3 aromatic heterocycles. The summed E-state index contributed by atoms with van der Waals surface area (Å²) in [6.07, 6.45) is 5.46. The molecule has 0 saturated carbocycles. The van der Waals surface area contributed by atoms with Crippen molar-refractivity contribution in [2.24, 2.45) is 0 Å². The van der Waals surface area contributed by atoms with Crippen molar-refractivity contribution in [2.75, 3.05) is 44.2 Å². The van der Waals surface area contributed by atoms with Crippen molar-refractivity contribution in [3.63, 3.8) is 0 Å². The third-order valence-corrected chi connectivity index (χ3v) is 7.14. The number of imidazole rings is 1. The first kappa shape index (κ1) is 20.5. The van der Waals surface area contributed by atoms with Crippen molar-refractivity contribution >= 4 is 27.9 Å². The van der Waals surface area contributed by atoms with Crippen LogP contribution in [0.1, 0.15) is 46.8 Å². The Bertz CT molecular complexity index is 1050. The maximum atomic E-state index is 13.3. The van der Waals surface area contributed by atoms with Gasteiger partial charge in [-0.25, -0.2) is 4.98 Å². The van der Waals surface area contributed by atoms with Crippen LogP contribution >= 0.6 is 11.3 Å². The molecular formula is C23H30N6OS. The topological polar surface area (TPSA) is 57.0 Å². The molecule has 0 bridgehead atoms. The smallest absolute Gasteiger partial charge is 0.274 e. The van der Waals surface area contributed by atoms with E-state index in [1.54, 1.807) is 11.3 Å². The van der Waals surface area contributed by atoms with Crippen molar-refractivity contribution in [3.8, 4) is 0 Å². The van der Waals surface area contributed by atoms with Crippen LogP contribution in [-0.2, 0) is 6.54 Å². The van der Waals surface area contributed by atoms with Crippen molar-refractivity contribution in [1.29, 1.82) is 0 Å². The Hall–Kier alpha value is -2.45. The van der Waals surface area contributed by atoms with Crippen LogP contribution in [0.5, 0.6) is 0 Å². The van der Waals surface area contributed by atoms with Crippen LogP contribution in [0.2, 0.25) is 0 Å². The van der Waals surface area contributed by atoms with E-state index in [4.69, 9.17) is 4.98 Å². The molecule has 0 radical (unpaired) electrons. The first-order chi connectivity index (χ1) is 15.1. The second-order valence-corrected chi connectivity index (χ2v) is 9.56. The lowest BCUT2D eigenvalue weighted by Gasteiger charge is -2.36. The number of piperazine rings is 1. The molecule has 2 fully saturated rings. The van der Waals surface area contributed by atoms with E-state index in [1.165, 1.54) is 12.1 Å². The monoisotopic (exact) mass is 438 g/mol. The number of likely N-dealkylation sites (tertiary alicyclic amines) is 1. The van der Waals surface area contributed by atoms with Gasteiger partial charge in [-0.15, -0.1) is 11.3 Å². The Morgan fingerprint density at radius 1 is 0.968 bits per heavy atom. The molecule has 3 aromatic rings. The number of hydrogen-bond acceptors (Lipinski definition) is 6. The van der Waals surface area contributed by atoms with Crippen LogP contribution in [-0.4, -0.2) is 69.3 Å². The Balaban J connectivity index is 1.32. The molecule has 2 saturated heterocycles. The minimum absolute atomic E-state index is 0.104. The van der Waals surface area contributed by atoms with E-state index < -0.39 is 0 Å². The third kappa shape index (κ3) is 4.19. The molecule has 8 heteroatoms. The van der Waals surface area contributed by atoms with Crippen LogP contribution in [0, 0.1) is 13.8 Å². The van der Waals surface area contributed by atoms with Crippen molar-refractivity contribution in [2.45, 2.75) is 39.7 Å². The molecular weight excluding hydrogens is 408 g/mol. The molecule has 5 rings (SSSR count). The van der Waals surface area contributed by atoms with Crippen LogP contribution in [0.25, 0.3) is 4.96 Å². The molecule has 0 N–H and O–H groups in total. The maximum absolute atomic E-state index is 13.3. The highest BCUT2D eigenvalue weighted by molar-refractivity contribution is 7.15. The standard InChI is InChI=1S/C23H30N6OS/c1-17-14-19(15-18(2)24-17)27-10-8-26(9-11-27)16-20-21(25-23-29(20)12-13-31-23)22(30)28-6-4-3-5-7-28/h12-15H,3-11,16H2,1-2H3. The number of carbonyl (C=O) groups is 1. The zero-order valence-electron chi connectivity index (χ0n) is 18.4. The fraction of sp³-hybridized carbons (Fsp3) is 0.522. The Kier molecular flexibility index (Phi) is 5.67. The molecule has 2 aliphatic rings. The van der Waals surface area contributed by atoms with Gasteiger partial charge in [-0.1, -0.05) is 0 Å². The number of aromatic nitrogens is 3. The van der Waals surface area contributed by atoms with E-state index in [0.29, 0.717) is 5.69 Å². The molecule has 0 unspecified atom stereocenters. The van der Waals surface area contributed by atoms with E-state index in [1.807, 2.05) is 16.5 Å². The second-order valence-electron chi connectivity index (χ2n) is 8.69. The van der Waals surface area contributed by atoms with Crippen LogP contribution in [0.4, 0.5) is 5.69 Å². The normalized spacial score (nSPS) is 18.1. The van der Waals surface area contributed by atoms with Gasteiger partial charge in [0.25, 0.3) is 5.91 Å². The molecule has 1 amide bonds. The summed E-state index contributed by atoms with van der Waals surface area (Å²) in [5.74, 6) is 0.104. The SMILES string of the molecule is Cc1cc(N2CCN(Cc3c(C(=O)N4CCCCC4)nc4sccn34)CC2)cc(C)n1.